The summed E-state index contributed by atoms with van der Waals surface area (Å²) in [6.45, 7) is 1.21. The van der Waals surface area contributed by atoms with Crippen molar-refractivity contribution in [2.75, 3.05) is 32.4 Å². The third-order valence-corrected chi connectivity index (χ3v) is 4.87. The molecule has 0 amide bonds. The monoisotopic (exact) mass is 428 g/mol. The van der Waals surface area contributed by atoms with E-state index in [4.69, 9.17) is 18.9 Å². The second-order valence-electron chi connectivity index (χ2n) is 6.88. The fourth-order valence-corrected chi connectivity index (χ4v) is 3.35. The van der Waals surface area contributed by atoms with Gasteiger partial charge in [0.2, 0.25) is 12.7 Å². The lowest BCUT2D eigenvalue weighted by molar-refractivity contribution is 0.174. The van der Waals surface area contributed by atoms with Gasteiger partial charge in [0.25, 0.3) is 0 Å². The zero-order chi connectivity index (χ0) is 22.3. The maximum atomic E-state index is 10.0. The molecule has 1 aromatic heterocycles. The highest BCUT2D eigenvalue weighted by Crippen LogP contribution is 2.41. The van der Waals surface area contributed by atoms with Crippen molar-refractivity contribution < 1.29 is 18.9 Å². The molecular weight excluding hydrogens is 408 g/mol. The van der Waals surface area contributed by atoms with Crippen molar-refractivity contribution in [3.8, 4) is 40.6 Å². The number of nitriles is 2. The van der Waals surface area contributed by atoms with E-state index in [0.29, 0.717) is 41.6 Å². The van der Waals surface area contributed by atoms with Crippen molar-refractivity contribution in [3.63, 3.8) is 0 Å². The molecule has 160 valence electrons. The SMILES string of the molecule is COCCNc1nc(OCc2ccccc2)c(C#N)c(-c2ccc3c(c2)OCO3)c1C#N. The van der Waals surface area contributed by atoms with Crippen LogP contribution < -0.4 is 19.5 Å². The summed E-state index contributed by atoms with van der Waals surface area (Å²) in [5.74, 6) is 1.62. The molecule has 0 saturated heterocycles. The van der Waals surface area contributed by atoms with E-state index in [1.54, 1.807) is 25.3 Å². The molecule has 2 aromatic carbocycles. The Morgan fingerprint density at radius 3 is 2.56 bits per heavy atom. The first-order valence-corrected chi connectivity index (χ1v) is 9.93. The largest absolute Gasteiger partial charge is 0.472 e. The van der Waals surface area contributed by atoms with E-state index in [-0.39, 0.29) is 30.4 Å². The summed E-state index contributed by atoms with van der Waals surface area (Å²) in [7, 11) is 1.59. The Morgan fingerprint density at radius 1 is 1.03 bits per heavy atom. The molecule has 3 aromatic rings. The van der Waals surface area contributed by atoms with Gasteiger partial charge < -0.3 is 24.3 Å². The van der Waals surface area contributed by atoms with Crippen LogP contribution in [0.2, 0.25) is 0 Å². The highest BCUT2D eigenvalue weighted by atomic mass is 16.7. The Hall–Kier alpha value is -4.27. The molecule has 0 atom stereocenters. The number of fused-ring (bicyclic) bond motifs is 1. The second kappa shape index (κ2) is 9.69. The number of benzene rings is 2. The quantitative estimate of drug-likeness (QED) is 0.539. The van der Waals surface area contributed by atoms with E-state index in [2.05, 4.69) is 22.4 Å². The molecule has 4 rings (SSSR count). The van der Waals surface area contributed by atoms with Crippen molar-refractivity contribution >= 4 is 5.82 Å². The van der Waals surface area contributed by atoms with Crippen LogP contribution >= 0.6 is 0 Å². The van der Waals surface area contributed by atoms with Crippen molar-refractivity contribution in [2.45, 2.75) is 6.61 Å². The van der Waals surface area contributed by atoms with E-state index >= 15 is 0 Å². The smallest absolute Gasteiger partial charge is 0.234 e. The fourth-order valence-electron chi connectivity index (χ4n) is 3.35. The Morgan fingerprint density at radius 2 is 1.81 bits per heavy atom. The summed E-state index contributed by atoms with van der Waals surface area (Å²) in [4.78, 5) is 4.47. The van der Waals surface area contributed by atoms with Crippen molar-refractivity contribution in [2.24, 2.45) is 0 Å². The Kier molecular flexibility index (Phi) is 6.35. The van der Waals surface area contributed by atoms with Crippen molar-refractivity contribution in [3.05, 3.63) is 65.2 Å². The van der Waals surface area contributed by atoms with E-state index < -0.39 is 0 Å². The van der Waals surface area contributed by atoms with E-state index in [1.807, 2.05) is 30.3 Å². The molecule has 0 saturated carbocycles. The van der Waals surface area contributed by atoms with Crippen LogP contribution in [0, 0.1) is 22.7 Å². The van der Waals surface area contributed by atoms with Gasteiger partial charge in [-0.25, -0.2) is 0 Å². The summed E-state index contributed by atoms with van der Waals surface area (Å²) < 4.78 is 21.9. The minimum absolute atomic E-state index is 0.126. The van der Waals surface area contributed by atoms with Crippen LogP contribution in [0.1, 0.15) is 16.7 Å². The molecule has 0 spiro atoms. The first-order valence-electron chi connectivity index (χ1n) is 9.93. The maximum absolute atomic E-state index is 10.0. The Balaban J connectivity index is 1.82. The van der Waals surface area contributed by atoms with E-state index in [1.165, 1.54) is 0 Å². The molecule has 1 aliphatic heterocycles. The average Bonchev–Trinajstić information content (AvgIpc) is 3.31. The zero-order valence-electron chi connectivity index (χ0n) is 17.4. The van der Waals surface area contributed by atoms with Gasteiger partial charge in [0, 0.05) is 19.2 Å². The summed E-state index contributed by atoms with van der Waals surface area (Å²) in [6.07, 6.45) is 0. The first kappa shape index (κ1) is 21.0. The highest BCUT2D eigenvalue weighted by molar-refractivity contribution is 5.84. The fraction of sp³-hybridized carbons (Fsp3) is 0.208. The summed E-state index contributed by atoms with van der Waals surface area (Å²) >= 11 is 0. The lowest BCUT2D eigenvalue weighted by atomic mass is 9.96. The van der Waals surface area contributed by atoms with Gasteiger partial charge in [-0.15, -0.1) is 0 Å². The van der Waals surface area contributed by atoms with Crippen LogP contribution in [0.5, 0.6) is 17.4 Å². The molecule has 0 bridgehead atoms. The number of methoxy groups -OCH3 is 1. The van der Waals surface area contributed by atoms with Gasteiger partial charge in [-0.3, -0.25) is 0 Å². The number of hydrogen-bond acceptors (Lipinski definition) is 8. The topological polar surface area (TPSA) is 109 Å². The standard InChI is InChI=1S/C24H20N4O4/c1-29-10-9-27-23-18(12-25)22(17-7-8-20-21(11-17)32-15-31-20)19(13-26)24(28-23)30-14-16-5-3-2-4-6-16/h2-8,11H,9-10,14-15H2,1H3,(H,27,28). The zero-order valence-corrected chi connectivity index (χ0v) is 17.4. The van der Waals surface area contributed by atoms with Crippen molar-refractivity contribution in [1.82, 2.24) is 4.98 Å². The van der Waals surface area contributed by atoms with E-state index in [0.717, 1.165) is 5.56 Å². The van der Waals surface area contributed by atoms with Gasteiger partial charge in [-0.1, -0.05) is 36.4 Å². The maximum Gasteiger partial charge on any atom is 0.234 e. The summed E-state index contributed by atoms with van der Waals surface area (Å²) in [5, 5.41) is 23.1. The molecule has 8 heteroatoms. The van der Waals surface area contributed by atoms with Gasteiger partial charge in [-0.05, 0) is 23.3 Å². The van der Waals surface area contributed by atoms with Crippen molar-refractivity contribution in [1.29, 1.82) is 10.5 Å². The van der Waals surface area contributed by atoms with E-state index in [9.17, 15) is 10.5 Å². The van der Waals surface area contributed by atoms with Gasteiger partial charge >= 0.3 is 0 Å². The predicted molar refractivity (Wildman–Crippen MR) is 116 cm³/mol. The number of nitrogens with zero attached hydrogens (tertiary/aromatic N) is 3. The number of hydrogen-bond donors (Lipinski definition) is 1. The normalized spacial score (nSPS) is 11.5. The predicted octanol–water partition coefficient (Wildman–Crippen LogP) is 3.86. The number of nitrogens with one attached hydrogen (secondary N) is 1. The number of ether oxygens (including phenoxy) is 4. The first-order chi connectivity index (χ1) is 15.7. The molecule has 1 aliphatic rings. The molecule has 0 fully saturated rings. The molecule has 1 N–H and O–H groups in total. The van der Waals surface area contributed by atoms with Crippen LogP contribution in [-0.4, -0.2) is 32.0 Å². The lowest BCUT2D eigenvalue weighted by Gasteiger charge is -2.17. The highest BCUT2D eigenvalue weighted by Gasteiger charge is 2.24. The molecule has 32 heavy (non-hydrogen) atoms. The minimum atomic E-state index is 0.126. The lowest BCUT2D eigenvalue weighted by Crippen LogP contribution is -2.13. The Bertz CT molecular complexity index is 1200. The molecule has 8 nitrogen and oxygen atoms in total. The third-order valence-electron chi connectivity index (χ3n) is 4.87. The molecule has 0 radical (unpaired) electrons. The third kappa shape index (κ3) is 4.27. The van der Waals surface area contributed by atoms with Gasteiger partial charge in [-0.2, -0.15) is 15.5 Å². The molecule has 2 heterocycles. The second-order valence-corrected chi connectivity index (χ2v) is 6.88. The molecular formula is C24H20N4O4. The minimum Gasteiger partial charge on any atom is -0.472 e. The van der Waals surface area contributed by atoms with Crippen LogP contribution in [0.3, 0.4) is 0 Å². The Labute approximate surface area is 185 Å². The van der Waals surface area contributed by atoms with Crippen LogP contribution in [0.25, 0.3) is 11.1 Å². The van der Waals surface area contributed by atoms with Gasteiger partial charge in [0.1, 0.15) is 35.7 Å². The number of rotatable bonds is 8. The number of anilines is 1. The number of aromatic nitrogens is 1. The molecule has 0 aliphatic carbocycles. The van der Waals surface area contributed by atoms with Crippen LogP contribution in [0.4, 0.5) is 5.82 Å². The van der Waals surface area contributed by atoms with Gasteiger partial charge in [0.15, 0.2) is 11.5 Å². The molecule has 0 unspecified atom stereocenters. The summed E-state index contributed by atoms with van der Waals surface area (Å²) in [5.41, 5.74) is 2.40. The van der Waals surface area contributed by atoms with Crippen LogP contribution in [0.15, 0.2) is 48.5 Å². The van der Waals surface area contributed by atoms with Gasteiger partial charge in [0.05, 0.1) is 6.61 Å². The average molecular weight is 428 g/mol. The summed E-state index contributed by atoms with van der Waals surface area (Å²) in [6, 6.07) is 19.2. The number of pyridine rings is 1. The van der Waals surface area contributed by atoms with Crippen LogP contribution in [-0.2, 0) is 11.3 Å².